The maximum Gasteiger partial charge on any atom is 0.505 e. The van der Waals surface area contributed by atoms with Gasteiger partial charge >= 0.3 is 6.16 Å². The van der Waals surface area contributed by atoms with Gasteiger partial charge in [-0.3, -0.25) is 4.79 Å². The highest BCUT2D eigenvalue weighted by atomic mass is 16.7. The molecule has 7 nitrogen and oxygen atoms in total. The summed E-state index contributed by atoms with van der Waals surface area (Å²) in [6, 6.07) is 3.01. The zero-order valence-corrected chi connectivity index (χ0v) is 11.5. The first kappa shape index (κ1) is 15.6. The van der Waals surface area contributed by atoms with Crippen LogP contribution in [0.1, 0.15) is 16.8 Å². The Kier molecular flexibility index (Phi) is 5.64. The molecule has 20 heavy (non-hydrogen) atoms. The third-order valence-corrected chi connectivity index (χ3v) is 2.54. The van der Waals surface area contributed by atoms with Crippen molar-refractivity contribution >= 4 is 11.9 Å². The van der Waals surface area contributed by atoms with Crippen LogP contribution in [0.15, 0.2) is 12.1 Å². The van der Waals surface area contributed by atoms with Gasteiger partial charge in [0.15, 0.2) is 17.3 Å². The molecule has 0 heterocycles. The third kappa shape index (κ3) is 3.78. The second-order valence-electron chi connectivity index (χ2n) is 3.70. The van der Waals surface area contributed by atoms with E-state index in [0.29, 0.717) is 22.8 Å². The van der Waals surface area contributed by atoms with Gasteiger partial charge in [0.05, 0.1) is 21.3 Å². The lowest BCUT2D eigenvalue weighted by Crippen LogP contribution is -2.08. The van der Waals surface area contributed by atoms with E-state index < -0.39 is 6.16 Å². The molecule has 0 amide bonds. The van der Waals surface area contributed by atoms with Crippen LogP contribution in [0.4, 0.5) is 4.79 Å². The lowest BCUT2D eigenvalue weighted by Gasteiger charge is -2.13. The summed E-state index contributed by atoms with van der Waals surface area (Å²) in [7, 11) is 4.35. The Morgan fingerprint density at radius 3 is 2.00 bits per heavy atom. The maximum absolute atomic E-state index is 11.9. The molecule has 0 aliphatic carbocycles. The first-order valence-corrected chi connectivity index (χ1v) is 5.72. The number of benzene rings is 1. The van der Waals surface area contributed by atoms with Crippen molar-refractivity contribution in [1.82, 2.24) is 0 Å². The van der Waals surface area contributed by atoms with Crippen LogP contribution in [0.3, 0.4) is 0 Å². The van der Waals surface area contributed by atoms with Gasteiger partial charge in [0.2, 0.25) is 5.75 Å². The van der Waals surface area contributed by atoms with E-state index in [1.807, 2.05) is 0 Å². The Morgan fingerprint density at radius 1 is 1.05 bits per heavy atom. The molecule has 1 aromatic carbocycles. The summed E-state index contributed by atoms with van der Waals surface area (Å²) in [5.41, 5.74) is 0.327. The summed E-state index contributed by atoms with van der Waals surface area (Å²) in [6.45, 7) is -0.204. The van der Waals surface area contributed by atoms with Gasteiger partial charge in [-0.1, -0.05) is 0 Å². The van der Waals surface area contributed by atoms with Crippen LogP contribution in [0.25, 0.3) is 0 Å². The van der Waals surface area contributed by atoms with Gasteiger partial charge in [-0.15, -0.1) is 0 Å². The molecule has 1 aromatic rings. The number of ketones is 1. The van der Waals surface area contributed by atoms with Crippen molar-refractivity contribution in [2.45, 2.75) is 6.42 Å². The Bertz CT molecular complexity index is 470. The van der Waals surface area contributed by atoms with Crippen LogP contribution in [-0.2, 0) is 4.74 Å². The number of carbonyl (C=O) groups is 2. The molecule has 0 saturated carbocycles. The molecule has 1 rings (SSSR count). The molecule has 0 aliphatic rings. The second kappa shape index (κ2) is 7.22. The van der Waals surface area contributed by atoms with E-state index in [2.05, 4.69) is 4.74 Å². The number of methoxy groups -OCH3 is 3. The number of carboxylic acid groups (broad SMARTS) is 1. The van der Waals surface area contributed by atoms with Gasteiger partial charge in [0.1, 0.15) is 6.61 Å². The van der Waals surface area contributed by atoms with E-state index in [4.69, 9.17) is 19.3 Å². The Labute approximate surface area is 116 Å². The molecule has 0 saturated heterocycles. The minimum atomic E-state index is -1.41. The Balaban J connectivity index is 2.94. The molecule has 0 spiro atoms. The molecule has 0 atom stereocenters. The Hall–Kier alpha value is -2.44. The number of ether oxygens (including phenoxy) is 4. The van der Waals surface area contributed by atoms with Gasteiger partial charge in [-0.25, -0.2) is 4.79 Å². The van der Waals surface area contributed by atoms with Gasteiger partial charge in [-0.2, -0.15) is 0 Å². The largest absolute Gasteiger partial charge is 0.505 e. The summed E-state index contributed by atoms with van der Waals surface area (Å²) in [6.07, 6.45) is -1.48. The molecular formula is C13H16O7. The summed E-state index contributed by atoms with van der Waals surface area (Å²) in [5, 5.41) is 8.34. The lowest BCUT2D eigenvalue weighted by molar-refractivity contribution is 0.0811. The number of rotatable bonds is 7. The highest BCUT2D eigenvalue weighted by molar-refractivity contribution is 5.97. The van der Waals surface area contributed by atoms with E-state index in [1.54, 1.807) is 0 Å². The third-order valence-electron chi connectivity index (χ3n) is 2.54. The molecular weight excluding hydrogens is 268 g/mol. The highest BCUT2D eigenvalue weighted by Crippen LogP contribution is 2.38. The average molecular weight is 284 g/mol. The number of carbonyl (C=O) groups excluding carboxylic acids is 1. The standard InChI is InChI=1S/C13H16O7/c1-17-10-6-8(7-11(18-2)12(10)19-3)9(14)4-5-20-13(15)16/h6-7H,4-5H2,1-3H3,(H,15,16). The molecule has 7 heteroatoms. The minimum Gasteiger partial charge on any atom is -0.493 e. The van der Waals surface area contributed by atoms with Crippen molar-refractivity contribution in [3.05, 3.63) is 17.7 Å². The monoisotopic (exact) mass is 284 g/mol. The predicted molar refractivity (Wildman–Crippen MR) is 69.0 cm³/mol. The Morgan fingerprint density at radius 2 is 1.60 bits per heavy atom. The average Bonchev–Trinajstić information content (AvgIpc) is 2.44. The van der Waals surface area contributed by atoms with Crippen LogP contribution in [-0.4, -0.2) is 45.0 Å². The molecule has 0 fully saturated rings. The van der Waals surface area contributed by atoms with Crippen molar-refractivity contribution in [2.24, 2.45) is 0 Å². The minimum absolute atomic E-state index is 0.0645. The molecule has 0 aliphatic heterocycles. The van der Waals surface area contributed by atoms with E-state index >= 15 is 0 Å². The quantitative estimate of drug-likeness (QED) is 0.604. The van der Waals surface area contributed by atoms with Gasteiger partial charge < -0.3 is 24.1 Å². The normalized spacial score (nSPS) is 9.75. The first-order valence-electron chi connectivity index (χ1n) is 5.72. The summed E-state index contributed by atoms with van der Waals surface area (Å²) < 4.78 is 19.7. The number of hydrogen-bond acceptors (Lipinski definition) is 6. The van der Waals surface area contributed by atoms with Crippen molar-refractivity contribution < 1.29 is 33.6 Å². The van der Waals surface area contributed by atoms with Crippen LogP contribution >= 0.6 is 0 Å². The SMILES string of the molecule is COc1cc(C(=O)CCOC(=O)O)cc(OC)c1OC. The first-order chi connectivity index (χ1) is 9.53. The van der Waals surface area contributed by atoms with E-state index in [0.717, 1.165) is 0 Å². The van der Waals surface area contributed by atoms with Crippen LogP contribution in [0, 0.1) is 0 Å². The van der Waals surface area contributed by atoms with Crippen LogP contribution in [0.5, 0.6) is 17.2 Å². The lowest BCUT2D eigenvalue weighted by atomic mass is 10.1. The van der Waals surface area contributed by atoms with Gasteiger partial charge in [0, 0.05) is 12.0 Å². The fraction of sp³-hybridized carbons (Fsp3) is 0.385. The van der Waals surface area contributed by atoms with Crippen LogP contribution in [0.2, 0.25) is 0 Å². The van der Waals surface area contributed by atoms with Gasteiger partial charge in [0.25, 0.3) is 0 Å². The molecule has 1 N–H and O–H groups in total. The number of hydrogen-bond donors (Lipinski definition) is 1. The van der Waals surface area contributed by atoms with E-state index in [9.17, 15) is 9.59 Å². The molecule has 0 radical (unpaired) electrons. The smallest absolute Gasteiger partial charge is 0.493 e. The fourth-order valence-corrected chi connectivity index (χ4v) is 1.62. The molecule has 0 bridgehead atoms. The van der Waals surface area contributed by atoms with Crippen molar-refractivity contribution in [1.29, 1.82) is 0 Å². The van der Waals surface area contributed by atoms with Crippen molar-refractivity contribution in [2.75, 3.05) is 27.9 Å². The second-order valence-corrected chi connectivity index (χ2v) is 3.70. The van der Waals surface area contributed by atoms with Crippen molar-refractivity contribution in [3.63, 3.8) is 0 Å². The van der Waals surface area contributed by atoms with Crippen LogP contribution < -0.4 is 14.2 Å². The fourth-order valence-electron chi connectivity index (χ4n) is 1.62. The van der Waals surface area contributed by atoms with Gasteiger partial charge in [-0.05, 0) is 12.1 Å². The van der Waals surface area contributed by atoms with E-state index in [1.165, 1.54) is 33.5 Å². The predicted octanol–water partition coefficient (Wildman–Crippen LogP) is 1.98. The summed E-state index contributed by atoms with van der Waals surface area (Å²) >= 11 is 0. The van der Waals surface area contributed by atoms with E-state index in [-0.39, 0.29) is 18.8 Å². The van der Waals surface area contributed by atoms with Crippen molar-refractivity contribution in [3.8, 4) is 17.2 Å². The molecule has 0 unspecified atom stereocenters. The summed E-state index contributed by atoms with van der Waals surface area (Å²) in [4.78, 5) is 22.1. The zero-order valence-electron chi connectivity index (χ0n) is 11.5. The summed E-state index contributed by atoms with van der Waals surface area (Å²) in [5.74, 6) is 0.808. The molecule has 0 aromatic heterocycles. The molecule has 110 valence electrons. The highest BCUT2D eigenvalue weighted by Gasteiger charge is 2.17. The zero-order chi connectivity index (χ0) is 15.1. The topological polar surface area (TPSA) is 91.3 Å². The maximum atomic E-state index is 11.9. The number of Topliss-reactive ketones (excluding diaryl/α,β-unsaturated/α-hetero) is 1.